The Bertz CT molecular complexity index is 1510. The zero-order valence-corrected chi connectivity index (χ0v) is 19.2. The molecule has 0 unspecified atom stereocenters. The van der Waals surface area contributed by atoms with Gasteiger partial charge < -0.3 is 4.57 Å². The summed E-state index contributed by atoms with van der Waals surface area (Å²) >= 11 is 0. The summed E-state index contributed by atoms with van der Waals surface area (Å²) in [5, 5.41) is 3.13. The van der Waals surface area contributed by atoms with Crippen molar-refractivity contribution < 1.29 is 18.8 Å². The van der Waals surface area contributed by atoms with E-state index in [0.29, 0.717) is 17.8 Å². The van der Waals surface area contributed by atoms with E-state index in [1.807, 2.05) is 54.9 Å². The summed E-state index contributed by atoms with van der Waals surface area (Å²) in [4.78, 5) is 39.7. The molecule has 1 aliphatic rings. The van der Waals surface area contributed by atoms with E-state index in [1.54, 1.807) is 24.3 Å². The number of hydrogen-bond donors (Lipinski definition) is 1. The monoisotopic (exact) mass is 467 g/mol. The molecule has 35 heavy (non-hydrogen) atoms. The van der Waals surface area contributed by atoms with Gasteiger partial charge in [-0.05, 0) is 66.9 Å². The molecule has 1 aromatic heterocycles. The quantitative estimate of drug-likeness (QED) is 0.335. The van der Waals surface area contributed by atoms with Gasteiger partial charge in [-0.15, -0.1) is 0 Å². The maximum atomic E-state index is 13.4. The van der Waals surface area contributed by atoms with Crippen LogP contribution in [0.5, 0.6) is 0 Å². The molecule has 6 nitrogen and oxygen atoms in total. The lowest BCUT2D eigenvalue weighted by Crippen LogP contribution is -2.54. The third kappa shape index (κ3) is 4.24. The summed E-state index contributed by atoms with van der Waals surface area (Å²) in [5.41, 5.74) is 4.53. The first-order valence-electron chi connectivity index (χ1n) is 11.1. The van der Waals surface area contributed by atoms with Crippen molar-refractivity contribution in [2.24, 2.45) is 0 Å². The Hall–Kier alpha value is -4.52. The summed E-state index contributed by atoms with van der Waals surface area (Å²) in [6.07, 6.45) is 3.36. The molecule has 0 aliphatic carbocycles. The van der Waals surface area contributed by atoms with Gasteiger partial charge in [0.05, 0.1) is 5.69 Å². The number of aryl methyl sites for hydroxylation is 2. The number of carbonyl (C=O) groups excluding carboxylic acids is 3. The predicted octanol–water partition coefficient (Wildman–Crippen LogP) is 5.11. The van der Waals surface area contributed by atoms with Gasteiger partial charge in [-0.1, -0.05) is 36.4 Å². The van der Waals surface area contributed by atoms with E-state index in [2.05, 4.69) is 5.32 Å². The number of amides is 4. The fraction of sp³-hybridized carbons (Fsp3) is 0.107. The summed E-state index contributed by atoms with van der Waals surface area (Å²) in [6.45, 7) is 4.23. The maximum absolute atomic E-state index is 13.4. The van der Waals surface area contributed by atoms with E-state index in [4.69, 9.17) is 0 Å². The van der Waals surface area contributed by atoms with Crippen molar-refractivity contribution in [3.05, 3.63) is 107 Å². The summed E-state index contributed by atoms with van der Waals surface area (Å²) in [5.74, 6) is -1.73. The molecule has 0 bridgehead atoms. The molecule has 174 valence electrons. The van der Waals surface area contributed by atoms with Crippen LogP contribution < -0.4 is 10.2 Å². The van der Waals surface area contributed by atoms with Gasteiger partial charge in [-0.3, -0.25) is 14.9 Å². The lowest BCUT2D eigenvalue weighted by atomic mass is 10.0. The van der Waals surface area contributed by atoms with Crippen LogP contribution in [-0.2, 0) is 16.1 Å². The van der Waals surface area contributed by atoms with E-state index in [1.165, 1.54) is 18.2 Å². The second kappa shape index (κ2) is 8.68. The minimum atomic E-state index is -0.777. The normalized spacial score (nSPS) is 15.2. The molecule has 4 amide bonds. The number of imide groups is 2. The number of halogens is 1. The number of fused-ring (bicyclic) bond motifs is 1. The number of benzene rings is 3. The fourth-order valence-electron chi connectivity index (χ4n) is 4.43. The van der Waals surface area contributed by atoms with E-state index < -0.39 is 17.8 Å². The molecule has 5 rings (SSSR count). The van der Waals surface area contributed by atoms with Gasteiger partial charge in [-0.2, -0.15) is 0 Å². The molecular formula is C28H22FN3O3. The molecule has 3 aromatic carbocycles. The van der Waals surface area contributed by atoms with Crippen LogP contribution in [0.15, 0.2) is 78.5 Å². The number of nitrogens with one attached hydrogen (secondary N) is 1. The Morgan fingerprint density at radius 3 is 2.31 bits per heavy atom. The molecule has 0 spiro atoms. The van der Waals surface area contributed by atoms with Gasteiger partial charge >= 0.3 is 6.03 Å². The van der Waals surface area contributed by atoms with Crippen molar-refractivity contribution in [2.45, 2.75) is 20.4 Å². The molecule has 0 atom stereocenters. The van der Waals surface area contributed by atoms with Crippen molar-refractivity contribution in [2.75, 3.05) is 4.90 Å². The Morgan fingerprint density at radius 1 is 0.914 bits per heavy atom. The zero-order valence-electron chi connectivity index (χ0n) is 19.2. The van der Waals surface area contributed by atoms with Gasteiger partial charge in [0.25, 0.3) is 11.8 Å². The van der Waals surface area contributed by atoms with E-state index in [9.17, 15) is 18.8 Å². The average molecular weight is 468 g/mol. The Morgan fingerprint density at radius 2 is 1.60 bits per heavy atom. The third-order valence-corrected chi connectivity index (χ3v) is 5.95. The molecule has 1 N–H and O–H groups in total. The minimum Gasteiger partial charge on any atom is -0.342 e. The van der Waals surface area contributed by atoms with Gasteiger partial charge in [0.15, 0.2) is 0 Å². The molecule has 0 radical (unpaired) electrons. The molecule has 4 aromatic rings. The van der Waals surface area contributed by atoms with Gasteiger partial charge in [0.1, 0.15) is 11.4 Å². The topological polar surface area (TPSA) is 71.4 Å². The number of urea groups is 1. The predicted molar refractivity (Wildman–Crippen MR) is 132 cm³/mol. The van der Waals surface area contributed by atoms with E-state index in [0.717, 1.165) is 32.5 Å². The standard InChI is InChI=1S/C28H22FN3O3/c1-17-11-18(2)13-22(12-17)32-27(34)24(26(33)30-28(32)35)14-20-16-31(25-6-4-3-5-23(20)25)15-19-7-9-21(29)10-8-19/h3-14,16H,15H2,1-2H3,(H,30,33,35). The first kappa shape index (κ1) is 22.3. The highest BCUT2D eigenvalue weighted by atomic mass is 19.1. The lowest BCUT2D eigenvalue weighted by Gasteiger charge is -2.26. The molecule has 1 saturated heterocycles. The highest BCUT2D eigenvalue weighted by molar-refractivity contribution is 6.39. The first-order valence-corrected chi connectivity index (χ1v) is 11.1. The Balaban J connectivity index is 1.57. The van der Waals surface area contributed by atoms with Crippen LogP contribution in [0.3, 0.4) is 0 Å². The largest absolute Gasteiger partial charge is 0.342 e. The SMILES string of the molecule is Cc1cc(C)cc(N2C(=O)NC(=O)C(=Cc3cn(Cc4ccc(F)cc4)c4ccccc34)C2=O)c1. The number of rotatable bonds is 4. The van der Waals surface area contributed by atoms with Crippen LogP contribution in [0, 0.1) is 19.7 Å². The van der Waals surface area contributed by atoms with Crippen LogP contribution in [0.1, 0.15) is 22.3 Å². The second-order valence-corrected chi connectivity index (χ2v) is 8.66. The highest BCUT2D eigenvalue weighted by Crippen LogP contribution is 2.28. The number of barbiturate groups is 1. The smallest absolute Gasteiger partial charge is 0.335 e. The molecule has 2 heterocycles. The number of para-hydroxylation sites is 1. The second-order valence-electron chi connectivity index (χ2n) is 8.66. The number of nitrogens with zero attached hydrogens (tertiary/aromatic N) is 2. The molecule has 1 fully saturated rings. The Labute approximate surface area is 201 Å². The van der Waals surface area contributed by atoms with Crippen molar-refractivity contribution in [3.8, 4) is 0 Å². The highest BCUT2D eigenvalue weighted by Gasteiger charge is 2.37. The Kier molecular flexibility index (Phi) is 5.53. The van der Waals surface area contributed by atoms with Crippen molar-refractivity contribution in [1.82, 2.24) is 9.88 Å². The zero-order chi connectivity index (χ0) is 24.7. The summed E-state index contributed by atoms with van der Waals surface area (Å²) in [6, 6.07) is 18.5. The molecule has 0 saturated carbocycles. The van der Waals surface area contributed by atoms with Crippen molar-refractivity contribution >= 4 is 40.5 Å². The van der Waals surface area contributed by atoms with Crippen molar-refractivity contribution in [1.29, 1.82) is 0 Å². The molecule has 1 aliphatic heterocycles. The molecule has 7 heteroatoms. The molecular weight excluding hydrogens is 445 g/mol. The number of hydrogen-bond acceptors (Lipinski definition) is 3. The van der Waals surface area contributed by atoms with Crippen LogP contribution in [-0.4, -0.2) is 22.4 Å². The summed E-state index contributed by atoms with van der Waals surface area (Å²) in [7, 11) is 0. The average Bonchev–Trinajstić information content (AvgIpc) is 3.14. The van der Waals surface area contributed by atoms with Crippen LogP contribution in [0.4, 0.5) is 14.9 Å². The van der Waals surface area contributed by atoms with Gasteiger partial charge in [0.2, 0.25) is 0 Å². The lowest BCUT2D eigenvalue weighted by molar-refractivity contribution is -0.122. The van der Waals surface area contributed by atoms with Crippen molar-refractivity contribution in [3.63, 3.8) is 0 Å². The number of aromatic nitrogens is 1. The van der Waals surface area contributed by atoms with Gasteiger partial charge in [-0.25, -0.2) is 14.1 Å². The third-order valence-electron chi connectivity index (χ3n) is 5.95. The maximum Gasteiger partial charge on any atom is 0.335 e. The minimum absolute atomic E-state index is 0.131. The van der Waals surface area contributed by atoms with Crippen LogP contribution in [0.25, 0.3) is 17.0 Å². The fourth-order valence-corrected chi connectivity index (χ4v) is 4.43. The van der Waals surface area contributed by atoms with Gasteiger partial charge in [0, 0.05) is 29.2 Å². The van der Waals surface area contributed by atoms with E-state index in [-0.39, 0.29) is 11.4 Å². The number of anilines is 1. The van der Waals surface area contributed by atoms with E-state index >= 15 is 0 Å². The van der Waals surface area contributed by atoms with Crippen LogP contribution >= 0.6 is 0 Å². The number of carbonyl (C=O) groups is 3. The first-order chi connectivity index (χ1) is 16.8. The van der Waals surface area contributed by atoms with Crippen LogP contribution in [0.2, 0.25) is 0 Å². The summed E-state index contributed by atoms with van der Waals surface area (Å²) < 4.78 is 15.3.